The first-order valence-electron chi connectivity index (χ1n) is 9.09. The number of methoxy groups -OCH3 is 1. The van der Waals surface area contributed by atoms with E-state index in [4.69, 9.17) is 23.4 Å². The Morgan fingerprint density at radius 3 is 2.52 bits per heavy atom. The van der Waals surface area contributed by atoms with E-state index in [9.17, 15) is 9.59 Å². The lowest BCUT2D eigenvalue weighted by atomic mass is 10.2. The molecule has 0 bridgehead atoms. The van der Waals surface area contributed by atoms with Crippen LogP contribution in [0.25, 0.3) is 11.0 Å². The number of para-hydroxylation sites is 2. The number of fused-ring (bicyclic) bond motifs is 1. The molecule has 3 rings (SSSR count). The summed E-state index contributed by atoms with van der Waals surface area (Å²) < 4.78 is 27.3. The van der Waals surface area contributed by atoms with Gasteiger partial charge in [0, 0.05) is 6.07 Å². The highest BCUT2D eigenvalue weighted by Crippen LogP contribution is 2.32. The van der Waals surface area contributed by atoms with E-state index in [1.165, 1.54) is 7.11 Å². The molecule has 0 saturated carbocycles. The molecule has 0 unspecified atom stereocenters. The smallest absolute Gasteiger partial charge is 0.344 e. The molecule has 1 heterocycles. The number of aryl methyl sites for hydroxylation is 1. The summed E-state index contributed by atoms with van der Waals surface area (Å²) in [6.07, 6.45) is -0.218. The van der Waals surface area contributed by atoms with Crippen LogP contribution in [0.5, 0.6) is 23.0 Å². The van der Waals surface area contributed by atoms with Gasteiger partial charge in [0.05, 0.1) is 18.6 Å². The van der Waals surface area contributed by atoms with E-state index in [1.807, 2.05) is 0 Å². The van der Waals surface area contributed by atoms with Crippen LogP contribution < -0.4 is 19.6 Å². The summed E-state index contributed by atoms with van der Waals surface area (Å²) in [5, 5.41) is 0.331. The van der Waals surface area contributed by atoms with Crippen molar-refractivity contribution in [1.29, 1.82) is 0 Å². The van der Waals surface area contributed by atoms with Crippen LogP contribution in [-0.2, 0) is 9.53 Å². The summed E-state index contributed by atoms with van der Waals surface area (Å²) in [7, 11) is 1.52. The van der Waals surface area contributed by atoms with E-state index < -0.39 is 5.97 Å². The van der Waals surface area contributed by atoms with E-state index in [0.717, 1.165) is 0 Å². The lowest BCUT2D eigenvalue weighted by Crippen LogP contribution is -2.18. The first-order valence-corrected chi connectivity index (χ1v) is 9.09. The normalized spacial score (nSPS) is 10.8. The van der Waals surface area contributed by atoms with Crippen LogP contribution in [0.3, 0.4) is 0 Å². The van der Waals surface area contributed by atoms with Crippen LogP contribution in [0.2, 0.25) is 0 Å². The summed E-state index contributed by atoms with van der Waals surface area (Å²) in [5.74, 6) is 1.22. The molecule has 0 aliphatic rings. The van der Waals surface area contributed by atoms with Crippen molar-refractivity contribution in [3.8, 4) is 23.0 Å². The fourth-order valence-corrected chi connectivity index (χ4v) is 2.73. The van der Waals surface area contributed by atoms with Crippen molar-refractivity contribution in [3.63, 3.8) is 0 Å². The highest BCUT2D eigenvalue weighted by Gasteiger charge is 2.16. The van der Waals surface area contributed by atoms with Crippen molar-refractivity contribution in [1.82, 2.24) is 0 Å². The highest BCUT2D eigenvalue weighted by atomic mass is 16.6. The quantitative estimate of drug-likeness (QED) is 0.551. The maximum Gasteiger partial charge on any atom is 0.344 e. The maximum atomic E-state index is 12.9. The third-order valence-corrected chi connectivity index (χ3v) is 3.99. The van der Waals surface area contributed by atoms with Gasteiger partial charge in [-0.2, -0.15) is 0 Å². The second kappa shape index (κ2) is 8.68. The summed E-state index contributed by atoms with van der Waals surface area (Å²) in [6.45, 7) is 4.92. The zero-order chi connectivity index (χ0) is 21.0. The molecule has 1 aromatic heterocycles. The van der Waals surface area contributed by atoms with Crippen molar-refractivity contribution < 1.29 is 28.2 Å². The molecule has 29 heavy (non-hydrogen) atoms. The molecule has 2 aromatic carbocycles. The number of carbonyl (C=O) groups excluding carboxylic acids is 1. The Morgan fingerprint density at radius 1 is 1.10 bits per heavy atom. The fraction of sp³-hybridized carbons (Fsp3) is 0.273. The predicted molar refractivity (Wildman–Crippen MR) is 107 cm³/mol. The van der Waals surface area contributed by atoms with Gasteiger partial charge < -0.3 is 23.4 Å². The maximum absolute atomic E-state index is 12.9. The van der Waals surface area contributed by atoms with Gasteiger partial charge in [0.2, 0.25) is 11.2 Å². The molecule has 0 aliphatic heterocycles. The van der Waals surface area contributed by atoms with Gasteiger partial charge in [0.1, 0.15) is 17.1 Å². The van der Waals surface area contributed by atoms with Crippen molar-refractivity contribution in [2.45, 2.75) is 26.9 Å². The number of hydrogen-bond acceptors (Lipinski definition) is 7. The Kier molecular flexibility index (Phi) is 6.07. The Labute approximate surface area is 167 Å². The van der Waals surface area contributed by atoms with Crippen LogP contribution in [0.15, 0.2) is 51.7 Å². The van der Waals surface area contributed by atoms with E-state index >= 15 is 0 Å². The molecule has 0 N–H and O–H groups in total. The topological polar surface area (TPSA) is 84.2 Å². The van der Waals surface area contributed by atoms with E-state index in [0.29, 0.717) is 34.0 Å². The van der Waals surface area contributed by atoms with Crippen LogP contribution in [0.1, 0.15) is 19.6 Å². The van der Waals surface area contributed by atoms with Crippen molar-refractivity contribution >= 4 is 16.9 Å². The van der Waals surface area contributed by atoms with Gasteiger partial charge in [0.15, 0.2) is 18.1 Å². The largest absolute Gasteiger partial charge is 0.493 e. The average molecular weight is 398 g/mol. The fourth-order valence-electron chi connectivity index (χ4n) is 2.73. The van der Waals surface area contributed by atoms with Gasteiger partial charge in [-0.05, 0) is 45.0 Å². The first-order chi connectivity index (χ1) is 13.9. The minimum Gasteiger partial charge on any atom is -0.493 e. The van der Waals surface area contributed by atoms with Crippen LogP contribution in [0, 0.1) is 6.92 Å². The number of ether oxygens (including phenoxy) is 4. The SMILES string of the molecule is COc1ccccc1Oc1c(C)oc2cc(OCC(=O)OC(C)C)ccc2c1=O. The minimum atomic E-state index is -0.474. The zero-order valence-corrected chi connectivity index (χ0v) is 16.7. The highest BCUT2D eigenvalue weighted by molar-refractivity contribution is 5.80. The van der Waals surface area contributed by atoms with Crippen LogP contribution in [0.4, 0.5) is 0 Å². The third-order valence-electron chi connectivity index (χ3n) is 3.99. The summed E-state index contributed by atoms with van der Waals surface area (Å²) in [4.78, 5) is 24.5. The van der Waals surface area contributed by atoms with Crippen LogP contribution >= 0.6 is 0 Å². The summed E-state index contributed by atoms with van der Waals surface area (Å²) in [5.41, 5.74) is 0.00928. The molecule has 0 saturated heterocycles. The van der Waals surface area contributed by atoms with Gasteiger partial charge in [-0.1, -0.05) is 12.1 Å². The van der Waals surface area contributed by atoms with Gasteiger partial charge in [-0.25, -0.2) is 4.79 Å². The minimum absolute atomic E-state index is 0.0798. The number of carbonyl (C=O) groups is 1. The Hall–Kier alpha value is -3.48. The van der Waals surface area contributed by atoms with Gasteiger partial charge in [0.25, 0.3) is 0 Å². The predicted octanol–water partition coefficient (Wildman–Crippen LogP) is 4.23. The molecule has 7 nitrogen and oxygen atoms in total. The molecular formula is C22H22O7. The van der Waals surface area contributed by atoms with Gasteiger partial charge in [-0.15, -0.1) is 0 Å². The lowest BCUT2D eigenvalue weighted by Gasteiger charge is -2.12. The number of benzene rings is 2. The number of esters is 1. The second-order valence-corrected chi connectivity index (χ2v) is 6.55. The molecular weight excluding hydrogens is 376 g/mol. The lowest BCUT2D eigenvalue weighted by molar-refractivity contribution is -0.149. The molecule has 0 radical (unpaired) electrons. The molecule has 0 fully saturated rings. The second-order valence-electron chi connectivity index (χ2n) is 6.55. The van der Waals surface area contributed by atoms with Crippen LogP contribution in [-0.4, -0.2) is 25.8 Å². The monoisotopic (exact) mass is 398 g/mol. The summed E-state index contributed by atoms with van der Waals surface area (Å²) >= 11 is 0. The third kappa shape index (κ3) is 4.68. The van der Waals surface area contributed by atoms with Crippen molar-refractivity contribution in [3.05, 3.63) is 58.4 Å². The van der Waals surface area contributed by atoms with E-state index in [-0.39, 0.29) is 23.9 Å². The Bertz CT molecular complexity index is 1080. The standard InChI is InChI=1S/C22H22O7/c1-13(2)27-20(23)12-26-15-9-10-16-19(11-15)28-14(3)22(21(16)24)29-18-8-6-5-7-17(18)25-4/h5-11,13H,12H2,1-4H3. The summed E-state index contributed by atoms with van der Waals surface area (Å²) in [6, 6.07) is 11.7. The molecule has 0 atom stereocenters. The zero-order valence-electron chi connectivity index (χ0n) is 16.7. The first kappa shape index (κ1) is 20.3. The molecule has 0 aliphatic carbocycles. The molecule has 3 aromatic rings. The van der Waals surface area contributed by atoms with Gasteiger partial charge in [-0.3, -0.25) is 4.79 Å². The van der Waals surface area contributed by atoms with Crippen molar-refractivity contribution in [2.75, 3.05) is 13.7 Å². The average Bonchev–Trinajstić information content (AvgIpc) is 2.69. The molecule has 0 amide bonds. The van der Waals surface area contributed by atoms with E-state index in [1.54, 1.807) is 63.2 Å². The number of hydrogen-bond donors (Lipinski definition) is 0. The molecule has 152 valence electrons. The molecule has 7 heteroatoms. The Balaban J connectivity index is 1.88. The number of rotatable bonds is 7. The van der Waals surface area contributed by atoms with Crippen molar-refractivity contribution in [2.24, 2.45) is 0 Å². The molecule has 0 spiro atoms. The Morgan fingerprint density at radius 2 is 1.83 bits per heavy atom. The van der Waals surface area contributed by atoms with E-state index in [2.05, 4.69) is 0 Å². The van der Waals surface area contributed by atoms with Gasteiger partial charge >= 0.3 is 5.97 Å².